The van der Waals surface area contributed by atoms with Gasteiger partial charge in [-0.15, -0.1) is 0 Å². The molecule has 0 unspecified atom stereocenters. The van der Waals surface area contributed by atoms with Crippen LogP contribution in [0.2, 0.25) is 0 Å². The molecule has 3 rings (SSSR count). The predicted molar refractivity (Wildman–Crippen MR) is 87.0 cm³/mol. The zero-order chi connectivity index (χ0) is 18.3. The number of nitrogens with one attached hydrogen (secondary N) is 1. The van der Waals surface area contributed by atoms with E-state index in [-0.39, 0.29) is 6.42 Å². The van der Waals surface area contributed by atoms with Gasteiger partial charge in [0.25, 0.3) is 0 Å². The number of carbonyl (C=O) groups excluding carboxylic acids is 1. The molecule has 6 heteroatoms. The average Bonchev–Trinajstić information content (AvgIpc) is 2.88. The van der Waals surface area contributed by atoms with Crippen LogP contribution in [0.3, 0.4) is 0 Å². The van der Waals surface area contributed by atoms with Crippen molar-refractivity contribution in [2.24, 2.45) is 16.7 Å². The van der Waals surface area contributed by atoms with Gasteiger partial charge >= 0.3 is 0 Å². The Kier molecular flexibility index (Phi) is 3.79. The fourth-order valence-corrected chi connectivity index (χ4v) is 4.61. The summed E-state index contributed by atoms with van der Waals surface area (Å²) in [5.41, 5.74) is -4.68. The lowest BCUT2D eigenvalue weighted by molar-refractivity contribution is -0.128. The molecule has 126 valence electrons. The van der Waals surface area contributed by atoms with E-state index in [0.717, 1.165) is 0 Å². The zero-order valence-electron chi connectivity index (χ0n) is 13.9. The second-order valence-corrected chi connectivity index (χ2v) is 6.89. The molecule has 2 aliphatic rings. The molecule has 25 heavy (non-hydrogen) atoms. The van der Waals surface area contributed by atoms with Gasteiger partial charge in [-0.25, -0.2) is 0 Å². The fraction of sp³-hybridized carbons (Fsp3) is 0.474. The Hall–Kier alpha value is -2.88. The number of hydrogen-bond acceptors (Lipinski definition) is 5. The number of amides is 1. The van der Waals surface area contributed by atoms with Gasteiger partial charge < -0.3 is 10.4 Å². The largest absolute Gasteiger partial charge is 0.371 e. The number of hydrogen-bond donors (Lipinski definition) is 2. The number of rotatable bonds is 3. The van der Waals surface area contributed by atoms with Gasteiger partial charge in [0.05, 0.1) is 18.2 Å². The summed E-state index contributed by atoms with van der Waals surface area (Å²) in [7, 11) is 0. The molecule has 0 radical (unpaired) electrons. The van der Waals surface area contributed by atoms with Crippen LogP contribution in [-0.2, 0) is 4.79 Å². The summed E-state index contributed by atoms with van der Waals surface area (Å²) in [6, 6.07) is 14.9. The minimum Gasteiger partial charge on any atom is -0.371 e. The molecule has 1 aromatic carbocycles. The van der Waals surface area contributed by atoms with E-state index in [4.69, 9.17) is 0 Å². The van der Waals surface area contributed by atoms with Crippen LogP contribution in [0.4, 0.5) is 0 Å². The SMILES string of the molecule is CCC[C@H]1[C@@H](c2ccccc2)C(C#N)(C#N)[C@@]2(C#N)C[C@@]1(O)NC2=O. The van der Waals surface area contributed by atoms with Crippen molar-refractivity contribution in [2.75, 3.05) is 0 Å². The summed E-state index contributed by atoms with van der Waals surface area (Å²) in [6.45, 7) is 1.94. The van der Waals surface area contributed by atoms with Gasteiger partial charge in [-0.3, -0.25) is 4.79 Å². The summed E-state index contributed by atoms with van der Waals surface area (Å²) in [4.78, 5) is 12.7. The topological polar surface area (TPSA) is 121 Å². The molecule has 1 saturated heterocycles. The smallest absolute Gasteiger partial charge is 0.245 e. The summed E-state index contributed by atoms with van der Waals surface area (Å²) >= 11 is 0. The van der Waals surface area contributed by atoms with Crippen LogP contribution >= 0.6 is 0 Å². The van der Waals surface area contributed by atoms with E-state index in [1.165, 1.54) is 0 Å². The Labute approximate surface area is 146 Å². The Bertz CT molecular complexity index is 818. The summed E-state index contributed by atoms with van der Waals surface area (Å²) in [5.74, 6) is -2.02. The van der Waals surface area contributed by atoms with Crippen molar-refractivity contribution in [3.8, 4) is 18.2 Å². The molecule has 1 heterocycles. The molecule has 1 aliphatic carbocycles. The molecule has 1 amide bonds. The van der Waals surface area contributed by atoms with Crippen molar-refractivity contribution < 1.29 is 9.90 Å². The lowest BCUT2D eigenvalue weighted by Crippen LogP contribution is -2.57. The lowest BCUT2D eigenvalue weighted by atomic mass is 9.48. The van der Waals surface area contributed by atoms with Crippen LogP contribution in [0.25, 0.3) is 0 Å². The van der Waals surface area contributed by atoms with Crippen LogP contribution < -0.4 is 5.32 Å². The van der Waals surface area contributed by atoms with Gasteiger partial charge in [0.15, 0.2) is 10.8 Å². The minimum absolute atomic E-state index is 0.246. The third-order valence-corrected chi connectivity index (χ3v) is 5.71. The first-order valence-electron chi connectivity index (χ1n) is 8.28. The van der Waals surface area contributed by atoms with Gasteiger partial charge in [-0.05, 0) is 12.0 Å². The highest BCUT2D eigenvalue weighted by molar-refractivity contribution is 5.92. The Morgan fingerprint density at radius 1 is 1.20 bits per heavy atom. The van der Waals surface area contributed by atoms with E-state index in [0.29, 0.717) is 18.4 Å². The van der Waals surface area contributed by atoms with Crippen LogP contribution in [0.1, 0.15) is 37.7 Å². The van der Waals surface area contributed by atoms with Crippen molar-refractivity contribution in [1.29, 1.82) is 15.8 Å². The maximum Gasteiger partial charge on any atom is 0.245 e. The second-order valence-electron chi connectivity index (χ2n) is 6.89. The number of carbonyl (C=O) groups is 1. The van der Waals surface area contributed by atoms with Gasteiger partial charge in [-0.1, -0.05) is 43.7 Å². The summed E-state index contributed by atoms with van der Waals surface area (Å²) in [6.07, 6.45) is 0.978. The average molecular weight is 334 g/mol. The van der Waals surface area contributed by atoms with Crippen LogP contribution in [0.5, 0.6) is 0 Å². The lowest BCUT2D eigenvalue weighted by Gasteiger charge is -2.49. The molecule has 2 N–H and O–H groups in total. The highest BCUT2D eigenvalue weighted by atomic mass is 16.3. The molecule has 0 aromatic heterocycles. The van der Waals surface area contributed by atoms with E-state index in [1.807, 2.05) is 31.2 Å². The molecule has 2 bridgehead atoms. The van der Waals surface area contributed by atoms with Crippen LogP contribution in [0, 0.1) is 50.7 Å². The minimum atomic E-state index is -1.89. The maximum absolute atomic E-state index is 12.7. The van der Waals surface area contributed by atoms with E-state index < -0.39 is 34.3 Å². The quantitative estimate of drug-likeness (QED) is 0.875. The van der Waals surface area contributed by atoms with Gasteiger partial charge in [0.2, 0.25) is 5.91 Å². The van der Waals surface area contributed by atoms with Crippen molar-refractivity contribution in [3.63, 3.8) is 0 Å². The normalized spacial score (nSPS) is 35.1. The number of nitriles is 3. The molecule has 1 aliphatic heterocycles. The van der Waals surface area contributed by atoms with Crippen molar-refractivity contribution >= 4 is 5.91 Å². The first-order chi connectivity index (χ1) is 11.9. The number of aliphatic hydroxyl groups is 1. The van der Waals surface area contributed by atoms with Gasteiger partial charge in [0.1, 0.15) is 5.72 Å². The molecular formula is C19H18N4O2. The van der Waals surface area contributed by atoms with Gasteiger partial charge in [-0.2, -0.15) is 15.8 Å². The molecular weight excluding hydrogens is 316 g/mol. The van der Waals surface area contributed by atoms with E-state index in [9.17, 15) is 25.7 Å². The fourth-order valence-electron chi connectivity index (χ4n) is 4.61. The van der Waals surface area contributed by atoms with E-state index in [1.54, 1.807) is 24.3 Å². The predicted octanol–water partition coefficient (Wildman–Crippen LogP) is 1.95. The van der Waals surface area contributed by atoms with Crippen molar-refractivity contribution in [3.05, 3.63) is 35.9 Å². The first-order valence-corrected chi connectivity index (χ1v) is 8.28. The highest BCUT2D eigenvalue weighted by Gasteiger charge is 2.76. The Morgan fingerprint density at radius 2 is 1.84 bits per heavy atom. The van der Waals surface area contributed by atoms with Crippen LogP contribution in [-0.4, -0.2) is 16.7 Å². The zero-order valence-corrected chi connectivity index (χ0v) is 13.9. The molecule has 2 fully saturated rings. The third-order valence-electron chi connectivity index (χ3n) is 5.71. The molecule has 0 spiro atoms. The summed E-state index contributed by atoms with van der Waals surface area (Å²) < 4.78 is 0. The monoisotopic (exact) mass is 334 g/mol. The third kappa shape index (κ3) is 1.94. The number of nitrogens with zero attached hydrogens (tertiary/aromatic N) is 3. The standard InChI is InChI=1S/C19H18N4O2/c1-2-6-14-15(13-7-4-3-5-8-13)18(11-21,12-22)17(10-20)9-19(14,25)23-16(17)24/h3-5,7-8,14-15,25H,2,6,9H2,1H3,(H,23,24)/t14-,15+,17+,19-/m0/s1. The highest BCUT2D eigenvalue weighted by Crippen LogP contribution is 2.65. The maximum atomic E-state index is 12.7. The van der Waals surface area contributed by atoms with E-state index in [2.05, 4.69) is 5.32 Å². The Balaban J connectivity index is 2.35. The number of fused-ring (bicyclic) bond motifs is 2. The molecule has 1 saturated carbocycles. The van der Waals surface area contributed by atoms with Crippen molar-refractivity contribution in [2.45, 2.75) is 37.8 Å². The molecule has 4 atom stereocenters. The molecule has 1 aromatic rings. The van der Waals surface area contributed by atoms with Crippen molar-refractivity contribution in [1.82, 2.24) is 5.32 Å². The second kappa shape index (κ2) is 5.59. The first kappa shape index (κ1) is 17.0. The Morgan fingerprint density at radius 3 is 2.36 bits per heavy atom. The molecule has 6 nitrogen and oxygen atoms in total. The van der Waals surface area contributed by atoms with Crippen LogP contribution in [0.15, 0.2) is 30.3 Å². The van der Waals surface area contributed by atoms with Gasteiger partial charge in [0, 0.05) is 18.3 Å². The number of benzene rings is 1. The van der Waals surface area contributed by atoms with E-state index >= 15 is 0 Å². The summed E-state index contributed by atoms with van der Waals surface area (Å²) in [5, 5.41) is 43.5.